The van der Waals surface area contributed by atoms with Crippen LogP contribution in [0, 0.1) is 18.3 Å². The van der Waals surface area contributed by atoms with Gasteiger partial charge in [0.25, 0.3) is 0 Å². The fourth-order valence-electron chi connectivity index (χ4n) is 1.60. The average Bonchev–Trinajstić information content (AvgIpc) is 2.77. The molecule has 0 aliphatic heterocycles. The second-order valence-electron chi connectivity index (χ2n) is 3.97. The lowest BCUT2D eigenvalue weighted by atomic mass is 10.2. The van der Waals surface area contributed by atoms with E-state index in [-0.39, 0.29) is 0 Å². The molecular weight excluding hydrogens is 244 g/mol. The van der Waals surface area contributed by atoms with Crippen molar-refractivity contribution in [1.29, 1.82) is 5.26 Å². The number of aryl methyl sites for hydroxylation is 1. The standard InChI is InChI=1S/C13H14N4S/c1-9-8-18-13(17-9)4-5-16-12-6-10(7-14)2-3-11(12)15/h2-3,6,8,16H,4-5,15H2,1H3. The van der Waals surface area contributed by atoms with E-state index in [4.69, 9.17) is 11.0 Å². The fourth-order valence-corrected chi connectivity index (χ4v) is 2.38. The Morgan fingerprint density at radius 2 is 2.33 bits per heavy atom. The molecule has 0 saturated heterocycles. The van der Waals surface area contributed by atoms with Crippen LogP contribution >= 0.6 is 11.3 Å². The van der Waals surface area contributed by atoms with Gasteiger partial charge < -0.3 is 11.1 Å². The van der Waals surface area contributed by atoms with Gasteiger partial charge in [0.05, 0.1) is 28.0 Å². The van der Waals surface area contributed by atoms with Crippen LogP contribution in [-0.2, 0) is 6.42 Å². The summed E-state index contributed by atoms with van der Waals surface area (Å²) in [7, 11) is 0. The molecule has 0 aliphatic carbocycles. The largest absolute Gasteiger partial charge is 0.397 e. The number of hydrogen-bond donors (Lipinski definition) is 2. The summed E-state index contributed by atoms with van der Waals surface area (Å²) in [5.41, 5.74) is 8.97. The predicted octanol–water partition coefficient (Wildman–Crippen LogP) is 2.56. The Kier molecular flexibility index (Phi) is 3.80. The summed E-state index contributed by atoms with van der Waals surface area (Å²) >= 11 is 1.66. The van der Waals surface area contributed by atoms with Gasteiger partial charge in [0.2, 0.25) is 0 Å². The number of anilines is 2. The van der Waals surface area contributed by atoms with Gasteiger partial charge in [-0.1, -0.05) is 0 Å². The van der Waals surface area contributed by atoms with Gasteiger partial charge in [-0.25, -0.2) is 4.98 Å². The minimum atomic E-state index is 0.608. The highest BCUT2D eigenvalue weighted by Gasteiger charge is 2.02. The highest BCUT2D eigenvalue weighted by atomic mass is 32.1. The Labute approximate surface area is 110 Å². The van der Waals surface area contributed by atoms with Crippen LogP contribution in [0.2, 0.25) is 0 Å². The van der Waals surface area contributed by atoms with E-state index in [0.717, 1.165) is 29.4 Å². The molecule has 3 N–H and O–H groups in total. The second-order valence-corrected chi connectivity index (χ2v) is 4.92. The van der Waals surface area contributed by atoms with Crippen molar-refractivity contribution in [1.82, 2.24) is 4.98 Å². The first-order valence-electron chi connectivity index (χ1n) is 5.63. The van der Waals surface area contributed by atoms with Gasteiger partial charge >= 0.3 is 0 Å². The van der Waals surface area contributed by atoms with Gasteiger partial charge in [-0.15, -0.1) is 11.3 Å². The molecule has 4 nitrogen and oxygen atoms in total. The molecule has 0 amide bonds. The summed E-state index contributed by atoms with van der Waals surface area (Å²) in [4.78, 5) is 4.39. The molecule has 18 heavy (non-hydrogen) atoms. The Balaban J connectivity index is 1.96. The monoisotopic (exact) mass is 258 g/mol. The van der Waals surface area contributed by atoms with E-state index in [1.807, 2.05) is 12.3 Å². The third kappa shape index (κ3) is 2.99. The minimum Gasteiger partial charge on any atom is -0.397 e. The zero-order valence-corrected chi connectivity index (χ0v) is 10.9. The van der Waals surface area contributed by atoms with Gasteiger partial charge in [-0.05, 0) is 25.1 Å². The number of nitriles is 1. The summed E-state index contributed by atoms with van der Waals surface area (Å²) in [6, 6.07) is 7.32. The molecule has 1 aromatic carbocycles. The molecule has 0 spiro atoms. The molecule has 1 heterocycles. The molecule has 0 bridgehead atoms. The number of nitrogens with zero attached hydrogens (tertiary/aromatic N) is 2. The molecule has 2 rings (SSSR count). The van der Waals surface area contributed by atoms with E-state index >= 15 is 0 Å². The molecule has 0 radical (unpaired) electrons. The number of thiazole rings is 1. The quantitative estimate of drug-likeness (QED) is 0.826. The zero-order valence-electron chi connectivity index (χ0n) is 10.1. The normalized spacial score (nSPS) is 10.0. The van der Waals surface area contributed by atoms with Crippen LogP contribution in [0.1, 0.15) is 16.3 Å². The molecule has 0 unspecified atom stereocenters. The molecule has 0 atom stereocenters. The van der Waals surface area contributed by atoms with Crippen LogP contribution in [0.3, 0.4) is 0 Å². The van der Waals surface area contributed by atoms with Gasteiger partial charge in [-0.3, -0.25) is 0 Å². The molecule has 5 heteroatoms. The summed E-state index contributed by atoms with van der Waals surface area (Å²) in [5, 5.41) is 15.2. The van der Waals surface area contributed by atoms with E-state index in [1.54, 1.807) is 29.5 Å². The van der Waals surface area contributed by atoms with Crippen LogP contribution in [0.25, 0.3) is 0 Å². The third-order valence-electron chi connectivity index (χ3n) is 2.50. The number of hydrogen-bond acceptors (Lipinski definition) is 5. The number of nitrogen functional groups attached to an aromatic ring is 1. The maximum atomic E-state index is 8.83. The number of aromatic nitrogens is 1. The van der Waals surface area contributed by atoms with E-state index in [2.05, 4.69) is 16.4 Å². The van der Waals surface area contributed by atoms with Crippen molar-refractivity contribution in [2.45, 2.75) is 13.3 Å². The summed E-state index contributed by atoms with van der Waals surface area (Å²) in [5.74, 6) is 0. The number of rotatable bonds is 4. The minimum absolute atomic E-state index is 0.608. The maximum Gasteiger partial charge on any atom is 0.0992 e. The van der Waals surface area contributed by atoms with E-state index < -0.39 is 0 Å². The molecule has 92 valence electrons. The number of benzene rings is 1. The van der Waals surface area contributed by atoms with Crippen molar-refractivity contribution in [2.75, 3.05) is 17.6 Å². The number of nitrogens with one attached hydrogen (secondary N) is 1. The lowest BCUT2D eigenvalue weighted by Crippen LogP contribution is -2.07. The predicted molar refractivity (Wildman–Crippen MR) is 74.6 cm³/mol. The van der Waals surface area contributed by atoms with E-state index in [1.165, 1.54) is 0 Å². The van der Waals surface area contributed by atoms with Crippen LogP contribution in [0.4, 0.5) is 11.4 Å². The van der Waals surface area contributed by atoms with Crippen molar-refractivity contribution in [3.63, 3.8) is 0 Å². The Morgan fingerprint density at radius 3 is 3.00 bits per heavy atom. The zero-order chi connectivity index (χ0) is 13.0. The van der Waals surface area contributed by atoms with Gasteiger partial charge in [0, 0.05) is 24.0 Å². The van der Waals surface area contributed by atoms with Crippen molar-refractivity contribution in [3.8, 4) is 6.07 Å². The van der Waals surface area contributed by atoms with Crippen molar-refractivity contribution >= 4 is 22.7 Å². The summed E-state index contributed by atoms with van der Waals surface area (Å²) < 4.78 is 0. The van der Waals surface area contributed by atoms with E-state index in [9.17, 15) is 0 Å². The van der Waals surface area contributed by atoms with Crippen LogP contribution in [0.15, 0.2) is 23.6 Å². The SMILES string of the molecule is Cc1csc(CCNc2cc(C#N)ccc2N)n1. The number of nitrogens with two attached hydrogens (primary N) is 1. The smallest absolute Gasteiger partial charge is 0.0992 e. The highest BCUT2D eigenvalue weighted by Crippen LogP contribution is 2.19. The van der Waals surface area contributed by atoms with Gasteiger partial charge in [0.15, 0.2) is 0 Å². The molecule has 0 saturated carbocycles. The molecular formula is C13H14N4S. The van der Waals surface area contributed by atoms with Crippen LogP contribution < -0.4 is 11.1 Å². The topological polar surface area (TPSA) is 74.7 Å². The van der Waals surface area contributed by atoms with Gasteiger partial charge in [0.1, 0.15) is 0 Å². The Bertz CT molecular complexity index is 583. The first-order chi connectivity index (χ1) is 8.69. The summed E-state index contributed by atoms with van der Waals surface area (Å²) in [6.07, 6.45) is 0.856. The van der Waals surface area contributed by atoms with Gasteiger partial charge in [-0.2, -0.15) is 5.26 Å². The molecule has 0 fully saturated rings. The first-order valence-corrected chi connectivity index (χ1v) is 6.51. The van der Waals surface area contributed by atoms with Crippen molar-refractivity contribution in [2.24, 2.45) is 0 Å². The van der Waals surface area contributed by atoms with E-state index in [0.29, 0.717) is 11.3 Å². The Morgan fingerprint density at radius 1 is 1.50 bits per heavy atom. The average molecular weight is 258 g/mol. The molecule has 0 aliphatic rings. The van der Waals surface area contributed by atoms with Crippen molar-refractivity contribution in [3.05, 3.63) is 39.8 Å². The van der Waals surface area contributed by atoms with Crippen LogP contribution in [0.5, 0.6) is 0 Å². The first kappa shape index (κ1) is 12.4. The van der Waals surface area contributed by atoms with Crippen molar-refractivity contribution < 1.29 is 0 Å². The molecule has 2 aromatic rings. The lowest BCUT2D eigenvalue weighted by Gasteiger charge is -2.08. The maximum absolute atomic E-state index is 8.83. The van der Waals surface area contributed by atoms with Crippen LogP contribution in [-0.4, -0.2) is 11.5 Å². The summed E-state index contributed by atoms with van der Waals surface area (Å²) in [6.45, 7) is 2.74. The lowest BCUT2D eigenvalue weighted by molar-refractivity contribution is 0.987. The second kappa shape index (κ2) is 5.52. The Hall–Kier alpha value is -2.06. The molecule has 1 aromatic heterocycles. The highest BCUT2D eigenvalue weighted by molar-refractivity contribution is 7.09. The third-order valence-corrected chi connectivity index (χ3v) is 3.53. The fraction of sp³-hybridized carbons (Fsp3) is 0.231.